The van der Waals surface area contributed by atoms with Crippen molar-refractivity contribution in [2.75, 3.05) is 11.9 Å². The summed E-state index contributed by atoms with van der Waals surface area (Å²) in [6.07, 6.45) is 0.522. The van der Waals surface area contributed by atoms with E-state index in [1.165, 1.54) is 11.3 Å². The average molecular weight is 466 g/mol. The van der Waals surface area contributed by atoms with Crippen LogP contribution in [0.1, 0.15) is 25.7 Å². The minimum atomic E-state index is -0.280. The van der Waals surface area contributed by atoms with Gasteiger partial charge >= 0.3 is 0 Å². The Hall–Kier alpha value is -2.29. The molecule has 0 unspecified atom stereocenters. The number of hydrogen-bond donors (Lipinski definition) is 2. The first-order chi connectivity index (χ1) is 13.0. The molecule has 3 aromatic rings. The highest BCUT2D eigenvalue weighted by Gasteiger charge is 2.11. The van der Waals surface area contributed by atoms with Crippen LogP contribution in [0.3, 0.4) is 0 Å². The standard InChI is InChI=1S/C18H14BrClN4O2S/c19-13-3-1-2-12(10-13)16(25)21-9-8-15-23-24-18(27-15)22-17(26)11-4-6-14(20)7-5-11/h1-7,10H,8-9H2,(H,21,25)(H,22,24,26). The lowest BCUT2D eigenvalue weighted by Crippen LogP contribution is -2.25. The van der Waals surface area contributed by atoms with E-state index in [1.54, 1.807) is 42.5 Å². The second-order valence-corrected chi connectivity index (χ2v) is 7.89. The molecule has 1 heterocycles. The molecule has 0 saturated carbocycles. The maximum atomic E-state index is 12.1. The normalized spacial score (nSPS) is 10.4. The Morgan fingerprint density at radius 3 is 2.56 bits per heavy atom. The summed E-state index contributed by atoms with van der Waals surface area (Å²) in [6.45, 7) is 0.422. The van der Waals surface area contributed by atoms with Crippen LogP contribution < -0.4 is 10.6 Å². The van der Waals surface area contributed by atoms with Crippen molar-refractivity contribution in [3.05, 3.63) is 74.2 Å². The highest BCUT2D eigenvalue weighted by molar-refractivity contribution is 9.10. The first kappa shape index (κ1) is 19.5. The quantitative estimate of drug-likeness (QED) is 0.572. The highest BCUT2D eigenvalue weighted by Crippen LogP contribution is 2.17. The van der Waals surface area contributed by atoms with Crippen LogP contribution in [0.4, 0.5) is 5.13 Å². The Kier molecular flexibility index (Phi) is 6.54. The summed E-state index contributed by atoms with van der Waals surface area (Å²) in [7, 11) is 0. The summed E-state index contributed by atoms with van der Waals surface area (Å²) in [5, 5.41) is 15.2. The Morgan fingerprint density at radius 1 is 1.04 bits per heavy atom. The number of aromatic nitrogens is 2. The Morgan fingerprint density at radius 2 is 1.81 bits per heavy atom. The second kappa shape index (κ2) is 9.07. The number of carbonyl (C=O) groups is 2. The number of hydrogen-bond acceptors (Lipinski definition) is 5. The number of nitrogens with zero attached hydrogens (tertiary/aromatic N) is 2. The van der Waals surface area contributed by atoms with Crippen molar-refractivity contribution in [1.29, 1.82) is 0 Å². The van der Waals surface area contributed by atoms with Crippen molar-refractivity contribution < 1.29 is 9.59 Å². The molecule has 0 aliphatic rings. The van der Waals surface area contributed by atoms with Crippen LogP contribution in [0, 0.1) is 0 Å². The fourth-order valence-electron chi connectivity index (χ4n) is 2.19. The topological polar surface area (TPSA) is 84.0 Å². The summed E-state index contributed by atoms with van der Waals surface area (Å²) in [4.78, 5) is 24.2. The SMILES string of the molecule is O=C(NCCc1nnc(NC(=O)c2ccc(Cl)cc2)s1)c1cccc(Br)c1. The minimum absolute atomic E-state index is 0.155. The Balaban J connectivity index is 1.50. The van der Waals surface area contributed by atoms with Crippen molar-refractivity contribution in [2.24, 2.45) is 0 Å². The number of rotatable bonds is 6. The van der Waals surface area contributed by atoms with Crippen LogP contribution in [-0.2, 0) is 6.42 Å². The van der Waals surface area contributed by atoms with Gasteiger partial charge in [-0.1, -0.05) is 44.9 Å². The van der Waals surface area contributed by atoms with Crippen molar-refractivity contribution >= 4 is 55.8 Å². The zero-order chi connectivity index (χ0) is 19.2. The second-order valence-electron chi connectivity index (χ2n) is 5.48. The van der Waals surface area contributed by atoms with E-state index in [1.807, 2.05) is 6.07 Å². The molecule has 0 fully saturated rings. The summed E-state index contributed by atoms with van der Waals surface area (Å²) in [5.41, 5.74) is 1.06. The number of benzene rings is 2. The number of halogens is 2. The van der Waals surface area contributed by atoms with Crippen LogP contribution >= 0.6 is 38.9 Å². The molecule has 138 valence electrons. The fraction of sp³-hybridized carbons (Fsp3) is 0.111. The van der Waals surface area contributed by atoms with E-state index >= 15 is 0 Å². The Labute approximate surface area is 173 Å². The molecule has 0 spiro atoms. The summed E-state index contributed by atoms with van der Waals surface area (Å²) >= 11 is 10.4. The summed E-state index contributed by atoms with van der Waals surface area (Å²) < 4.78 is 0.848. The maximum absolute atomic E-state index is 12.1. The van der Waals surface area contributed by atoms with Crippen molar-refractivity contribution in [3.63, 3.8) is 0 Å². The van der Waals surface area contributed by atoms with E-state index in [2.05, 4.69) is 36.8 Å². The minimum Gasteiger partial charge on any atom is -0.352 e. The van der Waals surface area contributed by atoms with Gasteiger partial charge in [-0.05, 0) is 42.5 Å². The van der Waals surface area contributed by atoms with Crippen LogP contribution in [0.25, 0.3) is 0 Å². The summed E-state index contributed by atoms with van der Waals surface area (Å²) in [5.74, 6) is -0.436. The number of amides is 2. The number of carbonyl (C=O) groups excluding carboxylic acids is 2. The van der Waals surface area contributed by atoms with Gasteiger partial charge in [0, 0.05) is 33.6 Å². The van der Waals surface area contributed by atoms with E-state index in [-0.39, 0.29) is 11.8 Å². The van der Waals surface area contributed by atoms with Gasteiger partial charge in [-0.2, -0.15) is 0 Å². The molecule has 0 saturated heterocycles. The lowest BCUT2D eigenvalue weighted by atomic mass is 10.2. The van der Waals surface area contributed by atoms with Crippen LogP contribution in [0.15, 0.2) is 53.0 Å². The molecule has 0 aliphatic carbocycles. The predicted molar refractivity (Wildman–Crippen MR) is 109 cm³/mol. The van der Waals surface area contributed by atoms with Gasteiger partial charge < -0.3 is 5.32 Å². The van der Waals surface area contributed by atoms with Gasteiger partial charge in [0.05, 0.1) is 0 Å². The average Bonchev–Trinajstić information content (AvgIpc) is 3.09. The highest BCUT2D eigenvalue weighted by atomic mass is 79.9. The van der Waals surface area contributed by atoms with Crippen molar-refractivity contribution in [3.8, 4) is 0 Å². The summed E-state index contributed by atoms with van der Waals surface area (Å²) in [6, 6.07) is 13.7. The van der Waals surface area contributed by atoms with Gasteiger partial charge in [0.25, 0.3) is 11.8 Å². The molecule has 6 nitrogen and oxygen atoms in total. The smallest absolute Gasteiger partial charge is 0.257 e. The maximum Gasteiger partial charge on any atom is 0.257 e. The number of anilines is 1. The van der Waals surface area contributed by atoms with Gasteiger partial charge in [-0.3, -0.25) is 14.9 Å². The fourth-order valence-corrected chi connectivity index (χ4v) is 3.45. The van der Waals surface area contributed by atoms with Crippen molar-refractivity contribution in [1.82, 2.24) is 15.5 Å². The molecule has 0 aliphatic heterocycles. The van der Waals surface area contributed by atoms with E-state index in [0.29, 0.717) is 34.2 Å². The van der Waals surface area contributed by atoms with E-state index < -0.39 is 0 Å². The third kappa shape index (κ3) is 5.59. The molecule has 0 bridgehead atoms. The lowest BCUT2D eigenvalue weighted by molar-refractivity contribution is 0.0953. The lowest BCUT2D eigenvalue weighted by Gasteiger charge is -2.04. The third-order valence-corrected chi connectivity index (χ3v) is 5.15. The van der Waals surface area contributed by atoms with Gasteiger partial charge in [-0.25, -0.2) is 0 Å². The molecule has 0 atom stereocenters. The molecular formula is C18H14BrClN4O2S. The van der Waals surface area contributed by atoms with Gasteiger partial charge in [-0.15, -0.1) is 10.2 Å². The van der Waals surface area contributed by atoms with Gasteiger partial charge in [0.15, 0.2) is 0 Å². The first-order valence-electron chi connectivity index (χ1n) is 7.94. The van der Waals surface area contributed by atoms with Crippen molar-refractivity contribution in [2.45, 2.75) is 6.42 Å². The zero-order valence-electron chi connectivity index (χ0n) is 13.9. The van der Waals surface area contributed by atoms with Crippen LogP contribution in [0.2, 0.25) is 5.02 Å². The molecular weight excluding hydrogens is 452 g/mol. The van der Waals surface area contributed by atoms with E-state index in [0.717, 1.165) is 9.48 Å². The largest absolute Gasteiger partial charge is 0.352 e. The molecule has 3 rings (SSSR count). The molecule has 27 heavy (non-hydrogen) atoms. The predicted octanol–water partition coefficient (Wildman–Crippen LogP) is 4.18. The van der Waals surface area contributed by atoms with Gasteiger partial charge in [0.2, 0.25) is 5.13 Å². The molecule has 0 radical (unpaired) electrons. The molecule has 1 aromatic heterocycles. The molecule has 9 heteroatoms. The van der Waals surface area contributed by atoms with E-state index in [9.17, 15) is 9.59 Å². The first-order valence-corrected chi connectivity index (χ1v) is 9.93. The van der Waals surface area contributed by atoms with Crippen LogP contribution in [-0.4, -0.2) is 28.6 Å². The monoisotopic (exact) mass is 464 g/mol. The molecule has 2 aromatic carbocycles. The molecule has 2 N–H and O–H groups in total. The van der Waals surface area contributed by atoms with Gasteiger partial charge in [0.1, 0.15) is 5.01 Å². The van der Waals surface area contributed by atoms with Crippen LogP contribution in [0.5, 0.6) is 0 Å². The van der Waals surface area contributed by atoms with E-state index in [4.69, 9.17) is 11.6 Å². The Bertz CT molecular complexity index is 962. The third-order valence-electron chi connectivity index (χ3n) is 3.50. The zero-order valence-corrected chi connectivity index (χ0v) is 17.1. The number of nitrogens with one attached hydrogen (secondary N) is 2. The molecule has 2 amide bonds.